The minimum atomic E-state index is 0.930. The molecule has 0 amide bonds. The van der Waals surface area contributed by atoms with E-state index in [9.17, 15) is 0 Å². The van der Waals surface area contributed by atoms with Crippen LogP contribution in [0.5, 0.6) is 0 Å². The first-order valence-corrected chi connectivity index (χ1v) is 7.76. The fraction of sp³-hybridized carbons (Fsp3) is 0.0588. The third-order valence-corrected chi connectivity index (χ3v) is 4.49. The Hall–Kier alpha value is -2.40. The zero-order valence-corrected chi connectivity index (χ0v) is 13.5. The molecule has 0 atom stereocenters. The molecule has 108 valence electrons. The number of fused-ring (bicyclic) bond motifs is 1. The smallest absolute Gasteiger partial charge is 0.146 e. The molecule has 0 aliphatic carbocycles. The summed E-state index contributed by atoms with van der Waals surface area (Å²) in [5, 5.41) is 8.05. The summed E-state index contributed by atoms with van der Waals surface area (Å²) < 4.78 is 3.22. The van der Waals surface area contributed by atoms with Gasteiger partial charge in [0.05, 0.1) is 17.6 Å². The molecule has 0 aliphatic heterocycles. The number of aromatic nitrogens is 4. The van der Waals surface area contributed by atoms with E-state index in [1.807, 2.05) is 36.8 Å². The van der Waals surface area contributed by atoms with E-state index in [-0.39, 0.29) is 0 Å². The van der Waals surface area contributed by atoms with Gasteiger partial charge in [0, 0.05) is 27.8 Å². The maximum absolute atomic E-state index is 4.59. The molecule has 0 saturated heterocycles. The van der Waals surface area contributed by atoms with Crippen molar-refractivity contribution in [3.63, 3.8) is 0 Å². The number of H-pyrrole nitrogens is 1. The fourth-order valence-corrected chi connectivity index (χ4v) is 3.14. The Bertz CT molecular complexity index is 954. The second-order valence-corrected chi connectivity index (χ2v) is 6.02. The molecule has 22 heavy (non-hydrogen) atoms. The summed E-state index contributed by atoms with van der Waals surface area (Å²) in [6.45, 7) is 2.11. The zero-order chi connectivity index (χ0) is 15.1. The van der Waals surface area contributed by atoms with Crippen molar-refractivity contribution < 1.29 is 0 Å². The highest BCUT2D eigenvalue weighted by atomic mass is 79.9. The van der Waals surface area contributed by atoms with Crippen molar-refractivity contribution >= 4 is 27.0 Å². The number of nitrogens with one attached hydrogen (secondary N) is 1. The number of halogens is 1. The minimum Gasteiger partial charge on any atom is -0.294 e. The highest BCUT2D eigenvalue weighted by molar-refractivity contribution is 9.10. The molecule has 3 aromatic heterocycles. The predicted molar refractivity (Wildman–Crippen MR) is 91.1 cm³/mol. The van der Waals surface area contributed by atoms with Gasteiger partial charge in [-0.05, 0) is 46.6 Å². The van der Waals surface area contributed by atoms with Crippen LogP contribution >= 0.6 is 15.9 Å². The lowest BCUT2D eigenvalue weighted by Gasteiger charge is -2.12. The summed E-state index contributed by atoms with van der Waals surface area (Å²) in [6, 6.07) is 12.4. The van der Waals surface area contributed by atoms with Gasteiger partial charge in [-0.1, -0.05) is 18.2 Å². The first-order valence-electron chi connectivity index (χ1n) is 6.97. The van der Waals surface area contributed by atoms with Crippen LogP contribution in [0.2, 0.25) is 0 Å². The van der Waals surface area contributed by atoms with Crippen LogP contribution < -0.4 is 0 Å². The van der Waals surface area contributed by atoms with Gasteiger partial charge in [-0.25, -0.2) is 4.98 Å². The normalized spacial score (nSPS) is 11.2. The van der Waals surface area contributed by atoms with Gasteiger partial charge in [0.25, 0.3) is 0 Å². The number of hydrogen-bond acceptors (Lipinski definition) is 2. The average Bonchev–Trinajstić information content (AvgIpc) is 3.15. The molecule has 0 spiro atoms. The number of rotatable bonds is 2. The van der Waals surface area contributed by atoms with E-state index >= 15 is 0 Å². The third kappa shape index (κ3) is 1.97. The Labute approximate surface area is 135 Å². The number of benzene rings is 1. The lowest BCUT2D eigenvalue weighted by molar-refractivity contribution is 1.08. The molecule has 1 N–H and O–H groups in total. The van der Waals surface area contributed by atoms with Crippen LogP contribution in [0.4, 0.5) is 0 Å². The zero-order valence-electron chi connectivity index (χ0n) is 11.9. The molecule has 5 heteroatoms. The van der Waals surface area contributed by atoms with Crippen LogP contribution in [-0.4, -0.2) is 19.7 Å². The number of para-hydroxylation sites is 1. The summed E-state index contributed by atoms with van der Waals surface area (Å²) in [4.78, 5) is 4.59. The highest BCUT2D eigenvalue weighted by Crippen LogP contribution is 2.34. The topological polar surface area (TPSA) is 46.5 Å². The van der Waals surface area contributed by atoms with Crippen molar-refractivity contribution in [1.29, 1.82) is 0 Å². The molecule has 0 aliphatic rings. The fourth-order valence-electron chi connectivity index (χ4n) is 2.73. The van der Waals surface area contributed by atoms with Crippen molar-refractivity contribution in [1.82, 2.24) is 19.7 Å². The largest absolute Gasteiger partial charge is 0.294 e. The second kappa shape index (κ2) is 5.10. The van der Waals surface area contributed by atoms with Crippen molar-refractivity contribution in [3.05, 3.63) is 65.0 Å². The number of pyridine rings is 1. The molecule has 0 fully saturated rings. The van der Waals surface area contributed by atoms with Gasteiger partial charge in [0.15, 0.2) is 0 Å². The van der Waals surface area contributed by atoms with Crippen molar-refractivity contribution in [2.45, 2.75) is 6.92 Å². The summed E-state index contributed by atoms with van der Waals surface area (Å²) >= 11 is 3.62. The Morgan fingerprint density at radius 2 is 2.05 bits per heavy atom. The van der Waals surface area contributed by atoms with Crippen molar-refractivity contribution in [2.24, 2.45) is 0 Å². The van der Waals surface area contributed by atoms with E-state index < -0.39 is 0 Å². The SMILES string of the molecule is Cc1ccccc1-n1c(-c2cn[nH]c2)cc2c(Br)ccnc21. The van der Waals surface area contributed by atoms with Crippen LogP contribution in [0.15, 0.2) is 59.5 Å². The van der Waals surface area contributed by atoms with Gasteiger partial charge in [-0.3, -0.25) is 9.67 Å². The summed E-state index contributed by atoms with van der Waals surface area (Å²) in [6.07, 6.45) is 5.55. The number of aromatic amines is 1. The number of nitrogens with zero attached hydrogens (tertiary/aromatic N) is 3. The quantitative estimate of drug-likeness (QED) is 0.577. The Morgan fingerprint density at radius 3 is 2.82 bits per heavy atom. The van der Waals surface area contributed by atoms with Gasteiger partial charge in [0.2, 0.25) is 0 Å². The first kappa shape index (κ1) is 13.3. The van der Waals surface area contributed by atoms with Crippen molar-refractivity contribution in [2.75, 3.05) is 0 Å². The maximum atomic E-state index is 4.59. The second-order valence-electron chi connectivity index (χ2n) is 5.17. The maximum Gasteiger partial charge on any atom is 0.146 e. The standard InChI is InChI=1S/C17H13BrN4/c1-11-4-2-3-5-15(11)22-16(12-9-20-21-10-12)8-13-14(18)6-7-19-17(13)22/h2-10H,1H3,(H,20,21). The molecular weight excluding hydrogens is 340 g/mol. The van der Waals surface area contributed by atoms with Crippen LogP contribution in [0.1, 0.15) is 5.56 Å². The molecule has 4 aromatic rings. The van der Waals surface area contributed by atoms with Gasteiger partial charge in [0.1, 0.15) is 5.65 Å². The van der Waals surface area contributed by atoms with Crippen LogP contribution in [0, 0.1) is 6.92 Å². The van der Waals surface area contributed by atoms with E-state index in [0.717, 1.165) is 32.5 Å². The molecule has 0 saturated carbocycles. The lowest BCUT2D eigenvalue weighted by atomic mass is 10.2. The Kier molecular flexibility index (Phi) is 3.08. The molecular formula is C17H13BrN4. The summed E-state index contributed by atoms with van der Waals surface area (Å²) in [5.41, 5.74) is 5.36. The highest BCUT2D eigenvalue weighted by Gasteiger charge is 2.16. The van der Waals surface area contributed by atoms with E-state index in [2.05, 4.69) is 60.8 Å². The van der Waals surface area contributed by atoms with Gasteiger partial charge in [-0.15, -0.1) is 0 Å². The molecule has 3 heterocycles. The van der Waals surface area contributed by atoms with E-state index in [1.165, 1.54) is 5.56 Å². The number of aryl methyl sites for hydroxylation is 1. The molecule has 4 rings (SSSR count). The van der Waals surface area contributed by atoms with Crippen molar-refractivity contribution in [3.8, 4) is 16.9 Å². The molecule has 0 radical (unpaired) electrons. The lowest BCUT2D eigenvalue weighted by Crippen LogP contribution is -1.99. The summed E-state index contributed by atoms with van der Waals surface area (Å²) in [5.74, 6) is 0. The van der Waals surface area contributed by atoms with Gasteiger partial charge >= 0.3 is 0 Å². The average molecular weight is 353 g/mol. The minimum absolute atomic E-state index is 0.930. The molecule has 0 unspecified atom stereocenters. The molecule has 4 nitrogen and oxygen atoms in total. The van der Waals surface area contributed by atoms with Crippen LogP contribution in [-0.2, 0) is 0 Å². The third-order valence-electron chi connectivity index (χ3n) is 3.80. The Balaban J connectivity index is 2.14. The monoisotopic (exact) mass is 352 g/mol. The van der Waals surface area contributed by atoms with Crippen LogP contribution in [0.3, 0.4) is 0 Å². The van der Waals surface area contributed by atoms with E-state index in [4.69, 9.17) is 0 Å². The summed E-state index contributed by atoms with van der Waals surface area (Å²) in [7, 11) is 0. The Morgan fingerprint density at radius 1 is 1.18 bits per heavy atom. The molecule has 0 bridgehead atoms. The predicted octanol–water partition coefficient (Wildman–Crippen LogP) is 4.49. The van der Waals surface area contributed by atoms with E-state index in [0.29, 0.717) is 0 Å². The number of hydrogen-bond donors (Lipinski definition) is 1. The van der Waals surface area contributed by atoms with Gasteiger partial charge in [-0.2, -0.15) is 5.10 Å². The first-order chi connectivity index (χ1) is 10.8. The van der Waals surface area contributed by atoms with Gasteiger partial charge < -0.3 is 0 Å². The molecule has 1 aromatic carbocycles. The van der Waals surface area contributed by atoms with Crippen LogP contribution in [0.25, 0.3) is 28.0 Å². The van der Waals surface area contributed by atoms with E-state index in [1.54, 1.807) is 0 Å².